The van der Waals surface area contributed by atoms with Crippen LogP contribution in [-0.4, -0.2) is 48.4 Å². The van der Waals surface area contributed by atoms with E-state index in [9.17, 15) is 9.59 Å². The number of halogens is 2. The molecule has 28 heavy (non-hydrogen) atoms. The molecule has 1 aliphatic carbocycles. The van der Waals surface area contributed by atoms with E-state index in [4.69, 9.17) is 5.73 Å². The lowest BCUT2D eigenvalue weighted by Crippen LogP contribution is -2.52. The Morgan fingerprint density at radius 3 is 2.18 bits per heavy atom. The van der Waals surface area contributed by atoms with Gasteiger partial charge in [-0.05, 0) is 63.0 Å². The van der Waals surface area contributed by atoms with E-state index >= 15 is 0 Å². The Kier molecular flexibility index (Phi) is 10.2. The first-order valence-corrected chi connectivity index (χ1v) is 9.78. The number of rotatable bonds is 6. The standard InChI is InChI=1S/C20H30N4O2.2ClH/c21-20(10-2-1-3-11-20)19(26)23-17-8-6-16(7-9-17)18(25)22-12-15-24-13-4-5-14-24;;/h6-9H,1-5,10-15,21H2,(H,22,25)(H,23,26);2*1H. The highest BCUT2D eigenvalue weighted by molar-refractivity contribution is 5.99. The second kappa shape index (κ2) is 11.6. The molecule has 8 heteroatoms. The third kappa shape index (κ3) is 6.62. The number of hydrogen-bond acceptors (Lipinski definition) is 4. The molecule has 158 valence electrons. The maximum Gasteiger partial charge on any atom is 0.251 e. The van der Waals surface area contributed by atoms with E-state index in [0.717, 1.165) is 51.7 Å². The van der Waals surface area contributed by atoms with Crippen molar-refractivity contribution in [1.29, 1.82) is 0 Å². The van der Waals surface area contributed by atoms with E-state index in [0.29, 0.717) is 17.8 Å². The summed E-state index contributed by atoms with van der Waals surface area (Å²) >= 11 is 0. The Bertz CT molecular complexity index is 628. The van der Waals surface area contributed by atoms with Crippen molar-refractivity contribution in [2.75, 3.05) is 31.5 Å². The molecule has 0 atom stereocenters. The van der Waals surface area contributed by atoms with E-state index in [-0.39, 0.29) is 36.6 Å². The molecule has 0 radical (unpaired) electrons. The SMILES string of the molecule is Cl.Cl.NC1(C(=O)Nc2ccc(C(=O)NCCN3CCCC3)cc2)CCCCC1. The van der Waals surface area contributed by atoms with Gasteiger partial charge >= 0.3 is 0 Å². The lowest BCUT2D eigenvalue weighted by atomic mass is 9.82. The number of carbonyl (C=O) groups excluding carboxylic acids is 2. The van der Waals surface area contributed by atoms with Crippen LogP contribution in [0.25, 0.3) is 0 Å². The minimum atomic E-state index is -0.760. The fourth-order valence-corrected chi connectivity index (χ4v) is 3.81. The normalized spacial score (nSPS) is 18.5. The average Bonchev–Trinajstić information content (AvgIpc) is 3.16. The number of nitrogens with zero attached hydrogens (tertiary/aromatic N) is 1. The zero-order valence-electron chi connectivity index (χ0n) is 16.2. The highest BCUT2D eigenvalue weighted by Gasteiger charge is 2.35. The maximum atomic E-state index is 12.5. The van der Waals surface area contributed by atoms with Crippen LogP contribution in [0.15, 0.2) is 24.3 Å². The van der Waals surface area contributed by atoms with Gasteiger partial charge in [-0.1, -0.05) is 19.3 Å². The molecule has 2 fully saturated rings. The van der Waals surface area contributed by atoms with Crippen LogP contribution in [0.5, 0.6) is 0 Å². The van der Waals surface area contributed by atoms with Gasteiger partial charge < -0.3 is 21.3 Å². The molecular formula is C20H32Cl2N4O2. The largest absolute Gasteiger partial charge is 0.351 e. The predicted molar refractivity (Wildman–Crippen MR) is 118 cm³/mol. The van der Waals surface area contributed by atoms with E-state index in [2.05, 4.69) is 15.5 Å². The zero-order valence-corrected chi connectivity index (χ0v) is 17.9. The number of anilines is 1. The van der Waals surface area contributed by atoms with Gasteiger partial charge in [0.1, 0.15) is 0 Å². The van der Waals surface area contributed by atoms with Gasteiger partial charge in [0.25, 0.3) is 5.91 Å². The maximum absolute atomic E-state index is 12.5. The summed E-state index contributed by atoms with van der Waals surface area (Å²) in [7, 11) is 0. The molecule has 0 aromatic heterocycles. The molecule has 2 amide bonds. The molecule has 4 N–H and O–H groups in total. The van der Waals surface area contributed by atoms with Gasteiger partial charge in [-0.3, -0.25) is 9.59 Å². The molecule has 1 heterocycles. The first-order chi connectivity index (χ1) is 12.6. The summed E-state index contributed by atoms with van der Waals surface area (Å²) < 4.78 is 0. The van der Waals surface area contributed by atoms with Crippen LogP contribution in [0.4, 0.5) is 5.69 Å². The minimum Gasteiger partial charge on any atom is -0.351 e. The van der Waals surface area contributed by atoms with Crippen LogP contribution >= 0.6 is 24.8 Å². The van der Waals surface area contributed by atoms with Crippen LogP contribution in [0, 0.1) is 0 Å². The number of nitrogens with one attached hydrogen (secondary N) is 2. The van der Waals surface area contributed by atoms with Crippen molar-refractivity contribution in [2.45, 2.75) is 50.5 Å². The molecule has 1 aliphatic heterocycles. The average molecular weight is 431 g/mol. The van der Waals surface area contributed by atoms with Gasteiger partial charge in [-0.25, -0.2) is 0 Å². The summed E-state index contributed by atoms with van der Waals surface area (Å²) in [4.78, 5) is 27.0. The van der Waals surface area contributed by atoms with E-state index in [1.165, 1.54) is 12.8 Å². The van der Waals surface area contributed by atoms with Gasteiger partial charge in [-0.15, -0.1) is 24.8 Å². The quantitative estimate of drug-likeness (QED) is 0.647. The topological polar surface area (TPSA) is 87.5 Å². The Morgan fingerprint density at radius 1 is 0.964 bits per heavy atom. The number of hydrogen-bond donors (Lipinski definition) is 3. The summed E-state index contributed by atoms with van der Waals surface area (Å²) in [5.74, 6) is -0.204. The van der Waals surface area contributed by atoms with Crippen molar-refractivity contribution in [3.8, 4) is 0 Å². The monoisotopic (exact) mass is 430 g/mol. The van der Waals surface area contributed by atoms with Crippen molar-refractivity contribution in [3.63, 3.8) is 0 Å². The summed E-state index contributed by atoms with van der Waals surface area (Å²) in [6.07, 6.45) is 7.12. The molecular weight excluding hydrogens is 399 g/mol. The molecule has 0 spiro atoms. The van der Waals surface area contributed by atoms with Crippen LogP contribution in [0.2, 0.25) is 0 Å². The number of amides is 2. The molecule has 6 nitrogen and oxygen atoms in total. The Balaban J connectivity index is 0.00000196. The Labute approximate surface area is 179 Å². The summed E-state index contributed by atoms with van der Waals surface area (Å²) in [5.41, 5.74) is 6.78. The smallest absolute Gasteiger partial charge is 0.251 e. The lowest BCUT2D eigenvalue weighted by molar-refractivity contribution is -0.122. The highest BCUT2D eigenvalue weighted by atomic mass is 35.5. The predicted octanol–water partition coefficient (Wildman–Crippen LogP) is 2.96. The van der Waals surface area contributed by atoms with Crippen LogP contribution < -0.4 is 16.4 Å². The van der Waals surface area contributed by atoms with Crippen LogP contribution in [0.1, 0.15) is 55.3 Å². The van der Waals surface area contributed by atoms with E-state index in [1.54, 1.807) is 24.3 Å². The van der Waals surface area contributed by atoms with Gasteiger partial charge in [0.05, 0.1) is 5.54 Å². The van der Waals surface area contributed by atoms with Gasteiger partial charge in [0, 0.05) is 24.3 Å². The molecule has 1 aromatic rings. The second-order valence-electron chi connectivity index (χ2n) is 7.55. The van der Waals surface area contributed by atoms with E-state index in [1.807, 2.05) is 0 Å². The minimum absolute atomic E-state index is 0. The third-order valence-corrected chi connectivity index (χ3v) is 5.52. The van der Waals surface area contributed by atoms with Crippen molar-refractivity contribution in [3.05, 3.63) is 29.8 Å². The van der Waals surface area contributed by atoms with Crippen molar-refractivity contribution < 1.29 is 9.59 Å². The van der Waals surface area contributed by atoms with E-state index < -0.39 is 5.54 Å². The highest BCUT2D eigenvalue weighted by Crippen LogP contribution is 2.27. The van der Waals surface area contributed by atoms with Crippen molar-refractivity contribution >= 4 is 42.3 Å². The molecule has 2 aliphatic rings. The molecule has 3 rings (SSSR count). The zero-order chi connectivity index (χ0) is 18.4. The van der Waals surface area contributed by atoms with Gasteiger partial charge in [0.2, 0.25) is 5.91 Å². The fourth-order valence-electron chi connectivity index (χ4n) is 3.81. The Morgan fingerprint density at radius 2 is 1.57 bits per heavy atom. The first-order valence-electron chi connectivity index (χ1n) is 9.78. The molecule has 0 unspecified atom stereocenters. The lowest BCUT2D eigenvalue weighted by Gasteiger charge is -2.31. The summed E-state index contributed by atoms with van der Waals surface area (Å²) in [5, 5.41) is 5.85. The summed E-state index contributed by atoms with van der Waals surface area (Å²) in [6.45, 7) is 3.82. The van der Waals surface area contributed by atoms with Crippen molar-refractivity contribution in [2.24, 2.45) is 5.73 Å². The second-order valence-corrected chi connectivity index (χ2v) is 7.55. The number of nitrogens with two attached hydrogens (primary N) is 1. The van der Waals surface area contributed by atoms with Gasteiger partial charge in [-0.2, -0.15) is 0 Å². The fraction of sp³-hybridized carbons (Fsp3) is 0.600. The summed E-state index contributed by atoms with van der Waals surface area (Å²) in [6, 6.07) is 7.01. The van der Waals surface area contributed by atoms with Gasteiger partial charge in [0.15, 0.2) is 0 Å². The van der Waals surface area contributed by atoms with Crippen LogP contribution in [-0.2, 0) is 4.79 Å². The molecule has 1 aromatic carbocycles. The molecule has 0 bridgehead atoms. The third-order valence-electron chi connectivity index (χ3n) is 5.52. The molecule has 1 saturated carbocycles. The number of carbonyl (C=O) groups is 2. The van der Waals surface area contributed by atoms with Crippen LogP contribution in [0.3, 0.4) is 0 Å². The van der Waals surface area contributed by atoms with Crippen molar-refractivity contribution in [1.82, 2.24) is 10.2 Å². The first kappa shape index (κ1) is 24.7. The number of benzene rings is 1. The Hall–Kier alpha value is -1.34. The molecule has 1 saturated heterocycles. The number of likely N-dealkylation sites (tertiary alicyclic amines) is 1.